The van der Waals surface area contributed by atoms with Crippen LogP contribution in [0.3, 0.4) is 0 Å². The van der Waals surface area contributed by atoms with Gasteiger partial charge in [0.15, 0.2) is 5.96 Å². The largest absolute Gasteiger partial charge is 0.381 e. The van der Waals surface area contributed by atoms with E-state index in [-0.39, 0.29) is 5.41 Å². The van der Waals surface area contributed by atoms with Gasteiger partial charge in [0.25, 0.3) is 0 Å². The molecule has 0 atom stereocenters. The number of ether oxygens (including phenoxy) is 1. The van der Waals surface area contributed by atoms with Crippen molar-refractivity contribution in [2.45, 2.75) is 32.1 Å². The van der Waals surface area contributed by atoms with Crippen molar-refractivity contribution in [2.75, 3.05) is 25.1 Å². The van der Waals surface area contributed by atoms with E-state index >= 15 is 0 Å². The molecule has 0 aliphatic carbocycles. The highest BCUT2D eigenvalue weighted by Crippen LogP contribution is 2.36. The Bertz CT molecular complexity index is 777. The van der Waals surface area contributed by atoms with Crippen LogP contribution in [-0.2, 0) is 10.2 Å². The van der Waals surface area contributed by atoms with E-state index in [0.29, 0.717) is 12.5 Å². The smallest absolute Gasteiger partial charge is 0.193 e. The number of aliphatic imine (C=N–C) groups is 1. The van der Waals surface area contributed by atoms with Crippen molar-refractivity contribution in [3.05, 3.63) is 64.2 Å². The number of aryl methyl sites for hydroxylation is 2. The molecule has 0 aromatic heterocycles. The van der Waals surface area contributed by atoms with Crippen molar-refractivity contribution < 1.29 is 4.74 Å². The summed E-state index contributed by atoms with van der Waals surface area (Å²) in [7, 11) is 0. The van der Waals surface area contributed by atoms with Crippen molar-refractivity contribution in [1.82, 2.24) is 0 Å². The second-order valence-corrected chi connectivity index (χ2v) is 7.54. The molecule has 0 radical (unpaired) electrons. The molecule has 0 saturated carbocycles. The summed E-state index contributed by atoms with van der Waals surface area (Å²) in [6.07, 6.45) is 1.82. The first-order valence-electron chi connectivity index (χ1n) is 8.96. The van der Waals surface area contributed by atoms with Crippen LogP contribution in [0.15, 0.2) is 47.5 Å². The van der Waals surface area contributed by atoms with Gasteiger partial charge < -0.3 is 15.8 Å². The molecule has 1 saturated heterocycles. The van der Waals surface area contributed by atoms with Crippen LogP contribution in [-0.4, -0.2) is 25.7 Å². The number of anilines is 1. The van der Waals surface area contributed by atoms with Crippen LogP contribution >= 0.6 is 11.6 Å². The van der Waals surface area contributed by atoms with Gasteiger partial charge >= 0.3 is 0 Å². The SMILES string of the molecule is Cc1cc(C)cc(NC(N)=NCC2(c3cccc(Cl)c3)CCOCC2)c1. The average molecular weight is 372 g/mol. The van der Waals surface area contributed by atoms with Crippen LogP contribution in [0.4, 0.5) is 5.69 Å². The molecule has 1 fully saturated rings. The molecule has 1 aliphatic rings. The van der Waals surface area contributed by atoms with Gasteiger partial charge in [-0.2, -0.15) is 0 Å². The Labute approximate surface area is 160 Å². The van der Waals surface area contributed by atoms with Crippen LogP contribution < -0.4 is 11.1 Å². The zero-order valence-corrected chi connectivity index (χ0v) is 16.1. The molecular formula is C21H26ClN3O. The van der Waals surface area contributed by atoms with E-state index in [0.717, 1.165) is 36.8 Å². The fourth-order valence-corrected chi connectivity index (χ4v) is 3.78. The average Bonchev–Trinajstić information content (AvgIpc) is 2.60. The van der Waals surface area contributed by atoms with E-state index in [2.05, 4.69) is 48.4 Å². The summed E-state index contributed by atoms with van der Waals surface area (Å²) in [5.74, 6) is 0.433. The van der Waals surface area contributed by atoms with Gasteiger partial charge in [0, 0.05) is 29.3 Å². The van der Waals surface area contributed by atoms with Gasteiger partial charge in [0.1, 0.15) is 0 Å². The summed E-state index contributed by atoms with van der Waals surface area (Å²) in [4.78, 5) is 4.67. The van der Waals surface area contributed by atoms with E-state index in [1.807, 2.05) is 18.2 Å². The first kappa shape index (κ1) is 18.7. The Balaban J connectivity index is 1.79. The van der Waals surface area contributed by atoms with Crippen LogP contribution in [0.5, 0.6) is 0 Å². The number of benzene rings is 2. The molecular weight excluding hydrogens is 346 g/mol. The summed E-state index contributed by atoms with van der Waals surface area (Å²) in [6.45, 7) is 6.21. The van der Waals surface area contributed by atoms with Gasteiger partial charge in [0.05, 0.1) is 6.54 Å². The van der Waals surface area contributed by atoms with Crippen molar-refractivity contribution >= 4 is 23.2 Å². The van der Waals surface area contributed by atoms with Gasteiger partial charge in [-0.25, -0.2) is 0 Å². The molecule has 5 heteroatoms. The number of rotatable bonds is 4. The molecule has 1 aliphatic heterocycles. The fraction of sp³-hybridized carbons (Fsp3) is 0.381. The van der Waals surface area contributed by atoms with E-state index in [1.165, 1.54) is 16.7 Å². The molecule has 1 heterocycles. The maximum Gasteiger partial charge on any atom is 0.193 e. The van der Waals surface area contributed by atoms with E-state index in [1.54, 1.807) is 0 Å². The maximum atomic E-state index is 6.22. The first-order valence-corrected chi connectivity index (χ1v) is 9.34. The molecule has 4 nitrogen and oxygen atoms in total. The predicted molar refractivity (Wildman–Crippen MR) is 109 cm³/mol. The lowest BCUT2D eigenvalue weighted by Gasteiger charge is -2.36. The minimum absolute atomic E-state index is 0.0853. The van der Waals surface area contributed by atoms with E-state index in [9.17, 15) is 0 Å². The van der Waals surface area contributed by atoms with Crippen LogP contribution in [0, 0.1) is 13.8 Å². The monoisotopic (exact) mass is 371 g/mol. The standard InChI is InChI=1S/C21H26ClN3O/c1-15-10-16(2)12-19(11-15)25-20(23)24-14-21(6-8-26-9-7-21)17-4-3-5-18(22)13-17/h3-5,10-13H,6-9,14H2,1-2H3,(H3,23,24,25). The third-order valence-corrected chi connectivity index (χ3v) is 5.17. The predicted octanol–water partition coefficient (Wildman–Crippen LogP) is 4.43. The molecule has 0 spiro atoms. The minimum atomic E-state index is -0.0853. The van der Waals surface area contributed by atoms with Crippen molar-refractivity contribution in [3.8, 4) is 0 Å². The third-order valence-electron chi connectivity index (χ3n) is 4.93. The normalized spacial score (nSPS) is 17.1. The summed E-state index contributed by atoms with van der Waals surface area (Å²) in [5, 5.41) is 3.96. The first-order chi connectivity index (χ1) is 12.5. The second-order valence-electron chi connectivity index (χ2n) is 7.11. The lowest BCUT2D eigenvalue weighted by atomic mass is 9.74. The van der Waals surface area contributed by atoms with Crippen molar-refractivity contribution in [1.29, 1.82) is 0 Å². The quantitative estimate of drug-likeness (QED) is 0.617. The van der Waals surface area contributed by atoms with Crippen molar-refractivity contribution in [3.63, 3.8) is 0 Å². The number of nitrogens with zero attached hydrogens (tertiary/aromatic N) is 1. The van der Waals surface area contributed by atoms with Gasteiger partial charge in [-0.15, -0.1) is 0 Å². The molecule has 3 N–H and O–H groups in total. The van der Waals surface area contributed by atoms with E-state index in [4.69, 9.17) is 22.1 Å². The van der Waals surface area contributed by atoms with Gasteiger partial charge in [-0.3, -0.25) is 4.99 Å². The topological polar surface area (TPSA) is 59.6 Å². The van der Waals surface area contributed by atoms with E-state index < -0.39 is 0 Å². The molecule has 2 aromatic carbocycles. The zero-order chi connectivity index (χ0) is 18.6. The summed E-state index contributed by atoms with van der Waals surface area (Å²) in [6, 6.07) is 14.3. The van der Waals surface area contributed by atoms with Crippen LogP contribution in [0.1, 0.15) is 29.5 Å². The highest BCUT2D eigenvalue weighted by molar-refractivity contribution is 6.30. The Morgan fingerprint density at radius 3 is 2.50 bits per heavy atom. The number of halogens is 1. The maximum absolute atomic E-state index is 6.22. The number of nitrogens with one attached hydrogen (secondary N) is 1. The summed E-state index contributed by atoms with van der Waals surface area (Å²) < 4.78 is 5.58. The molecule has 0 amide bonds. The minimum Gasteiger partial charge on any atom is -0.381 e. The van der Waals surface area contributed by atoms with Crippen molar-refractivity contribution in [2.24, 2.45) is 10.7 Å². The number of hydrogen-bond donors (Lipinski definition) is 2. The number of hydrogen-bond acceptors (Lipinski definition) is 2. The highest BCUT2D eigenvalue weighted by Gasteiger charge is 2.34. The number of nitrogens with two attached hydrogens (primary N) is 1. The number of guanidine groups is 1. The summed E-state index contributed by atoms with van der Waals surface area (Å²) >= 11 is 6.22. The molecule has 0 bridgehead atoms. The molecule has 0 unspecified atom stereocenters. The Morgan fingerprint density at radius 1 is 1.15 bits per heavy atom. The van der Waals surface area contributed by atoms with Gasteiger partial charge in [-0.1, -0.05) is 29.8 Å². The second kappa shape index (κ2) is 8.11. The lowest BCUT2D eigenvalue weighted by molar-refractivity contribution is 0.0531. The Kier molecular flexibility index (Phi) is 5.84. The Hall–Kier alpha value is -2.04. The molecule has 3 rings (SSSR count). The fourth-order valence-electron chi connectivity index (χ4n) is 3.59. The molecule has 2 aromatic rings. The highest BCUT2D eigenvalue weighted by atomic mass is 35.5. The zero-order valence-electron chi connectivity index (χ0n) is 15.4. The van der Waals surface area contributed by atoms with Gasteiger partial charge in [-0.05, 0) is 67.6 Å². The molecule has 26 heavy (non-hydrogen) atoms. The van der Waals surface area contributed by atoms with Gasteiger partial charge in [0.2, 0.25) is 0 Å². The van der Waals surface area contributed by atoms with Crippen LogP contribution in [0.25, 0.3) is 0 Å². The Morgan fingerprint density at radius 2 is 1.85 bits per heavy atom. The van der Waals surface area contributed by atoms with Crippen LogP contribution in [0.2, 0.25) is 5.02 Å². The third kappa shape index (κ3) is 4.57. The molecule has 138 valence electrons. The lowest BCUT2D eigenvalue weighted by Crippen LogP contribution is -2.38. The summed E-state index contributed by atoms with van der Waals surface area (Å²) in [5.41, 5.74) is 10.6.